The highest BCUT2D eigenvalue weighted by atomic mass is 15.2. The molecule has 0 amide bonds. The van der Waals surface area contributed by atoms with Crippen LogP contribution in [0, 0.1) is 11.3 Å². The maximum atomic E-state index is 8.68. The molecule has 0 fully saturated rings. The molecule has 1 aliphatic carbocycles. The Morgan fingerprint density at radius 2 is 2.31 bits per heavy atom. The predicted octanol–water partition coefficient (Wildman–Crippen LogP) is 1.05. The van der Waals surface area contributed by atoms with Crippen molar-refractivity contribution < 1.29 is 0 Å². The Morgan fingerprint density at radius 1 is 1.50 bits per heavy atom. The number of pyridine rings is 1. The van der Waals surface area contributed by atoms with Crippen LogP contribution in [0.2, 0.25) is 0 Å². The highest BCUT2D eigenvalue weighted by Crippen LogP contribution is 2.19. The molecular formula is C12H14N4. The van der Waals surface area contributed by atoms with Gasteiger partial charge in [0.1, 0.15) is 11.9 Å². The van der Waals surface area contributed by atoms with Crippen molar-refractivity contribution in [3.63, 3.8) is 0 Å². The van der Waals surface area contributed by atoms with E-state index in [9.17, 15) is 0 Å². The summed E-state index contributed by atoms with van der Waals surface area (Å²) in [6.07, 6.45) is 6.62. The summed E-state index contributed by atoms with van der Waals surface area (Å²) in [4.78, 5) is 6.32. The Balaban J connectivity index is 2.12. The Kier molecular flexibility index (Phi) is 2.88. The van der Waals surface area contributed by atoms with Crippen molar-refractivity contribution in [3.8, 4) is 6.07 Å². The van der Waals surface area contributed by atoms with E-state index in [4.69, 9.17) is 11.0 Å². The molecule has 2 rings (SSSR count). The number of anilines is 1. The minimum Gasteiger partial charge on any atom is -0.353 e. The van der Waals surface area contributed by atoms with E-state index in [0.29, 0.717) is 11.6 Å². The van der Waals surface area contributed by atoms with Crippen LogP contribution in [0.4, 0.5) is 5.82 Å². The van der Waals surface area contributed by atoms with E-state index in [2.05, 4.69) is 22.0 Å². The fourth-order valence-electron chi connectivity index (χ4n) is 1.82. The van der Waals surface area contributed by atoms with Crippen LogP contribution >= 0.6 is 0 Å². The average molecular weight is 214 g/mol. The van der Waals surface area contributed by atoms with Crippen molar-refractivity contribution in [2.75, 3.05) is 11.9 Å². The van der Waals surface area contributed by atoms with Gasteiger partial charge in [-0.05, 0) is 18.6 Å². The molecule has 0 bridgehead atoms. The number of nitrogens with two attached hydrogens (primary N) is 1. The van der Waals surface area contributed by atoms with Gasteiger partial charge < -0.3 is 10.6 Å². The lowest BCUT2D eigenvalue weighted by Crippen LogP contribution is -2.31. The molecule has 2 N–H and O–H groups in total. The molecule has 1 heterocycles. The van der Waals surface area contributed by atoms with E-state index in [1.54, 1.807) is 12.3 Å². The first-order valence-corrected chi connectivity index (χ1v) is 5.23. The van der Waals surface area contributed by atoms with Gasteiger partial charge in [-0.1, -0.05) is 12.2 Å². The molecule has 1 aromatic heterocycles. The molecule has 4 heteroatoms. The molecule has 1 aromatic rings. The highest BCUT2D eigenvalue weighted by molar-refractivity contribution is 5.43. The van der Waals surface area contributed by atoms with Gasteiger partial charge in [0.05, 0.1) is 11.6 Å². The minimum atomic E-state index is 0.144. The van der Waals surface area contributed by atoms with Crippen LogP contribution in [-0.2, 0) is 0 Å². The van der Waals surface area contributed by atoms with Gasteiger partial charge in [-0.25, -0.2) is 4.98 Å². The van der Waals surface area contributed by atoms with E-state index in [0.717, 1.165) is 12.2 Å². The second-order valence-electron chi connectivity index (χ2n) is 3.98. The molecule has 1 aliphatic rings. The predicted molar refractivity (Wildman–Crippen MR) is 62.9 cm³/mol. The van der Waals surface area contributed by atoms with E-state index in [-0.39, 0.29) is 6.04 Å². The Morgan fingerprint density at radius 3 is 2.81 bits per heavy atom. The largest absolute Gasteiger partial charge is 0.353 e. The van der Waals surface area contributed by atoms with Gasteiger partial charge in [0.15, 0.2) is 0 Å². The Labute approximate surface area is 95.0 Å². The van der Waals surface area contributed by atoms with Crippen molar-refractivity contribution in [2.24, 2.45) is 5.73 Å². The fourth-order valence-corrected chi connectivity index (χ4v) is 1.82. The van der Waals surface area contributed by atoms with Crippen LogP contribution in [0.25, 0.3) is 0 Å². The summed E-state index contributed by atoms with van der Waals surface area (Å²) in [5, 5.41) is 8.68. The Bertz CT molecular complexity index is 429. The summed E-state index contributed by atoms with van der Waals surface area (Å²) in [6, 6.07) is 6.13. The van der Waals surface area contributed by atoms with Crippen LogP contribution in [0.3, 0.4) is 0 Å². The number of hydrogen-bond donors (Lipinski definition) is 1. The maximum absolute atomic E-state index is 8.68. The van der Waals surface area contributed by atoms with Crippen molar-refractivity contribution in [1.82, 2.24) is 4.98 Å². The first-order chi connectivity index (χ1) is 7.70. The van der Waals surface area contributed by atoms with Crippen molar-refractivity contribution in [3.05, 3.63) is 36.0 Å². The summed E-state index contributed by atoms with van der Waals surface area (Å²) in [6.45, 7) is 0. The number of rotatable bonds is 2. The SMILES string of the molecule is CN(c1ccc(C#N)cn1)C1C=CC(N)C1. The van der Waals surface area contributed by atoms with Gasteiger partial charge >= 0.3 is 0 Å². The summed E-state index contributed by atoms with van der Waals surface area (Å²) < 4.78 is 0. The van der Waals surface area contributed by atoms with Crippen LogP contribution in [-0.4, -0.2) is 24.1 Å². The van der Waals surface area contributed by atoms with E-state index in [1.807, 2.05) is 19.2 Å². The van der Waals surface area contributed by atoms with Gasteiger partial charge in [-0.15, -0.1) is 0 Å². The van der Waals surface area contributed by atoms with Crippen molar-refractivity contribution >= 4 is 5.82 Å². The number of likely N-dealkylation sites (N-methyl/N-ethyl adjacent to an activating group) is 1. The molecule has 2 atom stereocenters. The lowest BCUT2D eigenvalue weighted by molar-refractivity contribution is 0.661. The van der Waals surface area contributed by atoms with Crippen molar-refractivity contribution in [2.45, 2.75) is 18.5 Å². The van der Waals surface area contributed by atoms with E-state index < -0.39 is 0 Å². The molecule has 2 unspecified atom stereocenters. The third-order valence-corrected chi connectivity index (χ3v) is 2.83. The first kappa shape index (κ1) is 10.7. The quantitative estimate of drug-likeness (QED) is 0.747. The van der Waals surface area contributed by atoms with Crippen molar-refractivity contribution in [1.29, 1.82) is 5.26 Å². The van der Waals surface area contributed by atoms with Gasteiger partial charge in [-0.2, -0.15) is 5.26 Å². The van der Waals surface area contributed by atoms with Gasteiger partial charge in [-0.3, -0.25) is 0 Å². The smallest absolute Gasteiger partial charge is 0.128 e. The normalized spacial score (nSPS) is 23.1. The molecule has 0 aliphatic heterocycles. The summed E-state index contributed by atoms with van der Waals surface area (Å²) in [5.41, 5.74) is 6.39. The summed E-state index contributed by atoms with van der Waals surface area (Å²) >= 11 is 0. The van der Waals surface area contributed by atoms with E-state index in [1.165, 1.54) is 0 Å². The summed E-state index contributed by atoms with van der Waals surface area (Å²) in [7, 11) is 1.99. The van der Waals surface area contributed by atoms with E-state index >= 15 is 0 Å². The highest BCUT2D eigenvalue weighted by Gasteiger charge is 2.20. The fraction of sp³-hybridized carbons (Fsp3) is 0.333. The third-order valence-electron chi connectivity index (χ3n) is 2.83. The number of aromatic nitrogens is 1. The van der Waals surface area contributed by atoms with Crippen LogP contribution in [0.5, 0.6) is 0 Å². The second-order valence-corrected chi connectivity index (χ2v) is 3.98. The summed E-state index contributed by atoms with van der Waals surface area (Å²) in [5.74, 6) is 0.864. The molecular weight excluding hydrogens is 200 g/mol. The Hall–Kier alpha value is -1.86. The van der Waals surface area contributed by atoms with Crippen LogP contribution in [0.1, 0.15) is 12.0 Å². The van der Waals surface area contributed by atoms with Gasteiger partial charge in [0.2, 0.25) is 0 Å². The minimum absolute atomic E-state index is 0.144. The molecule has 82 valence electrons. The molecule has 0 spiro atoms. The lowest BCUT2D eigenvalue weighted by atomic mass is 10.2. The third kappa shape index (κ3) is 2.05. The van der Waals surface area contributed by atoms with Gasteiger partial charge in [0.25, 0.3) is 0 Å². The average Bonchev–Trinajstić information content (AvgIpc) is 2.75. The number of hydrogen-bond acceptors (Lipinski definition) is 4. The number of nitriles is 1. The zero-order valence-corrected chi connectivity index (χ0v) is 9.17. The molecule has 16 heavy (non-hydrogen) atoms. The van der Waals surface area contributed by atoms with Crippen LogP contribution < -0.4 is 10.6 Å². The molecule has 4 nitrogen and oxygen atoms in total. The zero-order chi connectivity index (χ0) is 11.5. The molecule has 0 saturated heterocycles. The standard InChI is InChI=1S/C12H14N4/c1-16(11-4-3-10(14)6-11)12-5-2-9(7-13)8-15-12/h2-5,8,10-11H,6,14H2,1H3. The monoisotopic (exact) mass is 214 g/mol. The van der Waals surface area contributed by atoms with Crippen LogP contribution in [0.15, 0.2) is 30.5 Å². The second kappa shape index (κ2) is 4.33. The lowest BCUT2D eigenvalue weighted by Gasteiger charge is -2.24. The first-order valence-electron chi connectivity index (χ1n) is 5.23. The zero-order valence-electron chi connectivity index (χ0n) is 9.17. The molecule has 0 radical (unpaired) electrons. The molecule has 0 aromatic carbocycles. The number of nitrogens with zero attached hydrogens (tertiary/aromatic N) is 3. The van der Waals surface area contributed by atoms with Gasteiger partial charge in [0, 0.05) is 19.3 Å². The molecule has 0 saturated carbocycles. The maximum Gasteiger partial charge on any atom is 0.128 e. The topological polar surface area (TPSA) is 65.9 Å².